The van der Waals surface area contributed by atoms with Crippen molar-refractivity contribution in [3.63, 3.8) is 0 Å². The van der Waals surface area contributed by atoms with Crippen molar-refractivity contribution in [2.45, 2.75) is 6.54 Å². The first-order valence-corrected chi connectivity index (χ1v) is 11.0. The lowest BCUT2D eigenvalue weighted by Gasteiger charge is -2.11. The predicted molar refractivity (Wildman–Crippen MR) is 134 cm³/mol. The lowest BCUT2D eigenvalue weighted by molar-refractivity contribution is 0.811. The van der Waals surface area contributed by atoms with E-state index in [1.807, 2.05) is 66.7 Å². The number of hydrogen-bond acceptors (Lipinski definition) is 5. The monoisotopic (exact) mass is 502 g/mol. The minimum absolute atomic E-state index is 0.283. The van der Waals surface area contributed by atoms with Gasteiger partial charge in [-0.2, -0.15) is 10.1 Å². The van der Waals surface area contributed by atoms with Crippen LogP contribution in [0.4, 0.5) is 5.95 Å². The average molecular weight is 503 g/mol. The number of anilines is 1. The fourth-order valence-corrected chi connectivity index (χ4v) is 4.05. The maximum absolute atomic E-state index is 12.8. The van der Waals surface area contributed by atoms with Crippen LogP contribution in [0.5, 0.6) is 0 Å². The van der Waals surface area contributed by atoms with Gasteiger partial charge in [0.1, 0.15) is 0 Å². The van der Waals surface area contributed by atoms with Crippen LogP contribution in [0.25, 0.3) is 21.9 Å². The lowest BCUT2D eigenvalue weighted by atomic mass is 10.0. The fourth-order valence-electron chi connectivity index (χ4n) is 3.79. The predicted octanol–water partition coefficient (Wildman–Crippen LogP) is 3.83. The molecule has 0 fully saturated rings. The number of hydrogen-bond donors (Lipinski definition) is 2. The first-order valence-electron chi connectivity index (χ1n) is 10.2. The molecular weight excluding hydrogens is 484 g/mol. The van der Waals surface area contributed by atoms with Gasteiger partial charge in [-0.1, -0.05) is 70.5 Å². The second-order valence-corrected chi connectivity index (χ2v) is 8.49. The summed E-state index contributed by atoms with van der Waals surface area (Å²) in [6.45, 7) is 0.370. The molecule has 33 heavy (non-hydrogen) atoms. The van der Waals surface area contributed by atoms with Crippen LogP contribution >= 0.6 is 15.9 Å². The van der Waals surface area contributed by atoms with E-state index in [1.165, 1.54) is 4.57 Å². The molecule has 0 atom stereocenters. The smallest absolute Gasteiger partial charge is 0.298 e. The summed E-state index contributed by atoms with van der Waals surface area (Å²) in [6.07, 6.45) is 1.66. The molecule has 0 amide bonds. The molecule has 8 nitrogen and oxygen atoms in total. The van der Waals surface area contributed by atoms with Gasteiger partial charge < -0.3 is 0 Å². The second-order valence-electron chi connectivity index (χ2n) is 7.57. The minimum Gasteiger partial charge on any atom is -0.298 e. The number of nitrogens with zero attached hydrogens (tertiary/aromatic N) is 4. The Hall–Kier alpha value is -3.98. The zero-order valence-corrected chi connectivity index (χ0v) is 19.2. The van der Waals surface area contributed by atoms with Gasteiger partial charge >= 0.3 is 5.69 Å². The summed E-state index contributed by atoms with van der Waals surface area (Å²) in [5.74, 6) is 0.359. The second kappa shape index (κ2) is 8.51. The Morgan fingerprint density at radius 1 is 1.06 bits per heavy atom. The summed E-state index contributed by atoms with van der Waals surface area (Å²) < 4.78 is 4.04. The van der Waals surface area contributed by atoms with Crippen LogP contribution in [0.3, 0.4) is 0 Å². The number of imidazole rings is 1. The molecule has 0 aliphatic rings. The van der Waals surface area contributed by atoms with Crippen molar-refractivity contribution < 1.29 is 0 Å². The molecule has 3 aromatic carbocycles. The molecule has 0 bridgehead atoms. The van der Waals surface area contributed by atoms with Gasteiger partial charge in [-0.25, -0.2) is 10.2 Å². The van der Waals surface area contributed by atoms with Crippen LogP contribution in [0, 0.1) is 0 Å². The molecule has 0 aliphatic carbocycles. The molecule has 0 saturated carbocycles. The number of H-pyrrole nitrogens is 1. The summed E-state index contributed by atoms with van der Waals surface area (Å²) in [5.41, 5.74) is 4.42. The van der Waals surface area contributed by atoms with Crippen molar-refractivity contribution in [3.8, 4) is 0 Å². The summed E-state index contributed by atoms with van der Waals surface area (Å²) in [5, 5.41) is 6.49. The molecular formula is C24H19BrN6O2. The molecule has 5 aromatic rings. The van der Waals surface area contributed by atoms with Gasteiger partial charge in [-0.3, -0.25) is 18.9 Å². The molecule has 2 aromatic heterocycles. The zero-order valence-electron chi connectivity index (χ0n) is 17.6. The molecule has 0 spiro atoms. The maximum atomic E-state index is 12.8. The molecule has 9 heteroatoms. The Balaban J connectivity index is 1.62. The summed E-state index contributed by atoms with van der Waals surface area (Å²) in [7, 11) is 1.57. The maximum Gasteiger partial charge on any atom is 0.329 e. The molecule has 164 valence electrons. The van der Waals surface area contributed by atoms with E-state index < -0.39 is 11.2 Å². The third-order valence-electron chi connectivity index (χ3n) is 5.46. The quantitative estimate of drug-likeness (QED) is 0.282. The van der Waals surface area contributed by atoms with Crippen LogP contribution in [0.2, 0.25) is 0 Å². The Kier molecular flexibility index (Phi) is 5.39. The van der Waals surface area contributed by atoms with Gasteiger partial charge in [-0.15, -0.1) is 0 Å². The number of rotatable bonds is 5. The number of aryl methyl sites for hydroxylation is 1. The van der Waals surface area contributed by atoms with Crippen molar-refractivity contribution in [1.29, 1.82) is 0 Å². The number of benzene rings is 3. The van der Waals surface area contributed by atoms with Gasteiger partial charge in [0.2, 0.25) is 5.95 Å². The largest absolute Gasteiger partial charge is 0.329 e. The molecule has 0 radical (unpaired) electrons. The standard InChI is InChI=1S/C24H19BrN6O2/c1-30-21-20(22(32)28-24(30)33)31(14-17-7-4-6-16-5-2-3-8-19(16)17)23(27-21)29-26-13-15-9-11-18(25)12-10-15/h2-13H,14H2,1H3,(H,27,29)(H,28,32,33). The Morgan fingerprint density at radius 2 is 1.82 bits per heavy atom. The number of aromatic amines is 1. The van der Waals surface area contributed by atoms with Crippen molar-refractivity contribution in [2.75, 3.05) is 5.43 Å². The third-order valence-corrected chi connectivity index (χ3v) is 5.99. The van der Waals surface area contributed by atoms with Crippen molar-refractivity contribution in [2.24, 2.45) is 12.1 Å². The number of halogens is 1. The van der Waals surface area contributed by atoms with Crippen molar-refractivity contribution in [3.05, 3.63) is 103 Å². The Morgan fingerprint density at radius 3 is 2.64 bits per heavy atom. The minimum atomic E-state index is -0.521. The highest BCUT2D eigenvalue weighted by molar-refractivity contribution is 9.10. The van der Waals surface area contributed by atoms with E-state index in [2.05, 4.69) is 36.4 Å². The highest BCUT2D eigenvalue weighted by Crippen LogP contribution is 2.23. The van der Waals surface area contributed by atoms with Crippen molar-refractivity contribution >= 4 is 50.0 Å². The topological polar surface area (TPSA) is 97.1 Å². The van der Waals surface area contributed by atoms with Crippen LogP contribution < -0.4 is 16.7 Å². The van der Waals surface area contributed by atoms with Crippen LogP contribution in [-0.2, 0) is 13.6 Å². The highest BCUT2D eigenvalue weighted by atomic mass is 79.9. The van der Waals surface area contributed by atoms with Crippen LogP contribution in [0.1, 0.15) is 11.1 Å². The van der Waals surface area contributed by atoms with Gasteiger partial charge in [0.15, 0.2) is 11.2 Å². The number of aromatic nitrogens is 4. The molecule has 0 saturated heterocycles. The average Bonchev–Trinajstić information content (AvgIpc) is 3.18. The van der Waals surface area contributed by atoms with Gasteiger partial charge in [0.25, 0.3) is 5.56 Å². The zero-order chi connectivity index (χ0) is 22.9. The Labute approximate surface area is 196 Å². The SMILES string of the molecule is Cn1c(=O)[nH]c(=O)c2c1nc(NN=Cc1ccc(Br)cc1)n2Cc1cccc2ccccc12. The van der Waals surface area contributed by atoms with E-state index in [0.717, 1.165) is 26.4 Å². The molecule has 2 heterocycles. The normalized spacial score (nSPS) is 11.6. The third kappa shape index (κ3) is 3.98. The highest BCUT2D eigenvalue weighted by Gasteiger charge is 2.18. The summed E-state index contributed by atoms with van der Waals surface area (Å²) >= 11 is 3.41. The van der Waals surface area contributed by atoms with E-state index >= 15 is 0 Å². The lowest BCUT2D eigenvalue weighted by Crippen LogP contribution is -2.29. The van der Waals surface area contributed by atoms with Crippen LogP contribution in [0.15, 0.2) is 85.9 Å². The number of nitrogens with one attached hydrogen (secondary N) is 2. The van der Waals surface area contributed by atoms with Gasteiger partial charge in [0, 0.05) is 11.5 Å². The molecule has 5 rings (SSSR count). The fraction of sp³-hybridized carbons (Fsp3) is 0.0833. The summed E-state index contributed by atoms with van der Waals surface area (Å²) in [6, 6.07) is 21.8. The Bertz CT molecular complexity index is 1620. The molecule has 2 N–H and O–H groups in total. The molecule has 0 aliphatic heterocycles. The van der Waals surface area contributed by atoms with Crippen molar-refractivity contribution in [1.82, 2.24) is 19.1 Å². The van der Waals surface area contributed by atoms with E-state index in [-0.39, 0.29) is 5.65 Å². The van der Waals surface area contributed by atoms with Gasteiger partial charge in [0.05, 0.1) is 12.8 Å². The first kappa shape index (κ1) is 20.9. The van der Waals surface area contributed by atoms with E-state index in [1.54, 1.807) is 17.8 Å². The van der Waals surface area contributed by atoms with Gasteiger partial charge in [-0.05, 0) is 34.0 Å². The van der Waals surface area contributed by atoms with E-state index in [9.17, 15) is 9.59 Å². The first-order chi connectivity index (χ1) is 16.0. The number of fused-ring (bicyclic) bond motifs is 2. The number of hydrazone groups is 1. The van der Waals surface area contributed by atoms with E-state index in [4.69, 9.17) is 0 Å². The molecule has 0 unspecified atom stereocenters. The summed E-state index contributed by atoms with van der Waals surface area (Å²) in [4.78, 5) is 31.8. The van der Waals surface area contributed by atoms with E-state index in [0.29, 0.717) is 18.0 Å². The van der Waals surface area contributed by atoms with Crippen LogP contribution in [-0.4, -0.2) is 25.3 Å².